The smallest absolute Gasteiger partial charge is 0.324 e. The van der Waals surface area contributed by atoms with E-state index in [-0.39, 0.29) is 0 Å². The minimum absolute atomic E-state index is 0.402. The third-order valence-electron chi connectivity index (χ3n) is 4.25. The maximum Gasteiger partial charge on any atom is 0.324 e. The molecule has 0 N–H and O–H groups in total. The number of aromatic nitrogens is 1. The van der Waals surface area contributed by atoms with Gasteiger partial charge in [0.1, 0.15) is 0 Å². The monoisotopic (exact) mass is 267 g/mol. The molecular formula is C16H17N3O. The molecule has 4 heteroatoms. The van der Waals surface area contributed by atoms with Gasteiger partial charge in [-0.15, -0.1) is 0 Å². The lowest BCUT2D eigenvalue weighted by Crippen LogP contribution is -2.37. The summed E-state index contributed by atoms with van der Waals surface area (Å²) in [5.41, 5.74) is 2.62. The molecule has 4 nitrogen and oxygen atoms in total. The highest BCUT2D eigenvalue weighted by Gasteiger charge is 2.25. The number of hydrogen-bond donors (Lipinski definition) is 0. The number of amides is 1. The van der Waals surface area contributed by atoms with Gasteiger partial charge in [0.2, 0.25) is 0 Å². The second kappa shape index (κ2) is 5.01. The molecule has 2 heterocycles. The predicted molar refractivity (Wildman–Crippen MR) is 77.1 cm³/mol. The summed E-state index contributed by atoms with van der Waals surface area (Å²) in [5.74, 6) is 0.0743. The van der Waals surface area contributed by atoms with Crippen LogP contribution in [0, 0.1) is 11.3 Å². The van der Waals surface area contributed by atoms with Gasteiger partial charge in [0, 0.05) is 37.2 Å². The van der Waals surface area contributed by atoms with E-state index in [4.69, 9.17) is 5.26 Å². The molecule has 2 aromatic rings. The number of nitriles is 1. The molecule has 0 atom stereocenters. The first kappa shape index (κ1) is 12.7. The van der Waals surface area contributed by atoms with Gasteiger partial charge in [0.05, 0.1) is 0 Å². The topological polar surface area (TPSA) is 49.0 Å². The number of benzene rings is 1. The summed E-state index contributed by atoms with van der Waals surface area (Å²) in [4.78, 5) is 13.0. The number of likely N-dealkylation sites (tertiary alicyclic amines) is 1. The van der Waals surface area contributed by atoms with Crippen LogP contribution in [0.25, 0.3) is 10.9 Å². The Morgan fingerprint density at radius 3 is 2.70 bits per heavy atom. The summed E-state index contributed by atoms with van der Waals surface area (Å²) >= 11 is 0. The van der Waals surface area contributed by atoms with Gasteiger partial charge in [-0.1, -0.05) is 18.2 Å². The maximum atomic E-state index is 11.4. The van der Waals surface area contributed by atoms with Crippen molar-refractivity contribution < 1.29 is 4.79 Å². The van der Waals surface area contributed by atoms with E-state index >= 15 is 0 Å². The van der Waals surface area contributed by atoms with E-state index in [9.17, 15) is 4.79 Å². The van der Waals surface area contributed by atoms with E-state index in [2.05, 4.69) is 42.1 Å². The Morgan fingerprint density at radius 1 is 1.30 bits per heavy atom. The van der Waals surface area contributed by atoms with Crippen molar-refractivity contribution in [1.29, 1.82) is 5.26 Å². The molecule has 1 aromatic heterocycles. The van der Waals surface area contributed by atoms with Crippen molar-refractivity contribution in [2.24, 2.45) is 7.05 Å². The van der Waals surface area contributed by atoms with Gasteiger partial charge < -0.3 is 9.47 Å². The molecule has 1 aliphatic rings. The number of piperidine rings is 1. The summed E-state index contributed by atoms with van der Waals surface area (Å²) in [6.07, 6.45) is 4.07. The van der Waals surface area contributed by atoms with Crippen LogP contribution in [0.15, 0.2) is 30.5 Å². The van der Waals surface area contributed by atoms with Crippen molar-refractivity contribution in [2.75, 3.05) is 13.1 Å². The van der Waals surface area contributed by atoms with Crippen LogP contribution in [0.3, 0.4) is 0 Å². The van der Waals surface area contributed by atoms with Crippen molar-refractivity contribution in [1.82, 2.24) is 9.47 Å². The van der Waals surface area contributed by atoms with Crippen LogP contribution >= 0.6 is 0 Å². The Balaban J connectivity index is 1.84. The molecule has 102 valence electrons. The fourth-order valence-corrected chi connectivity index (χ4v) is 3.16. The molecule has 0 bridgehead atoms. The number of rotatable bonds is 1. The van der Waals surface area contributed by atoms with Crippen molar-refractivity contribution >= 4 is 16.8 Å². The number of hydrogen-bond acceptors (Lipinski definition) is 2. The molecule has 0 radical (unpaired) electrons. The quantitative estimate of drug-likeness (QED) is 0.745. The first-order valence-electron chi connectivity index (χ1n) is 6.93. The summed E-state index contributed by atoms with van der Waals surface area (Å²) in [5, 5.41) is 9.98. The Kier molecular flexibility index (Phi) is 3.19. The molecule has 0 spiro atoms. The van der Waals surface area contributed by atoms with Gasteiger partial charge in [-0.3, -0.25) is 4.79 Å². The van der Waals surface area contributed by atoms with Crippen LogP contribution in [0.2, 0.25) is 0 Å². The highest BCUT2D eigenvalue weighted by atomic mass is 16.2. The van der Waals surface area contributed by atoms with Gasteiger partial charge in [-0.25, -0.2) is 0 Å². The van der Waals surface area contributed by atoms with Crippen LogP contribution in [-0.4, -0.2) is 28.5 Å². The van der Waals surface area contributed by atoms with E-state index in [0.29, 0.717) is 19.0 Å². The van der Waals surface area contributed by atoms with E-state index in [1.165, 1.54) is 16.5 Å². The van der Waals surface area contributed by atoms with Gasteiger partial charge >= 0.3 is 5.91 Å². The summed E-state index contributed by atoms with van der Waals surface area (Å²) < 4.78 is 2.16. The predicted octanol–water partition coefficient (Wildman–Crippen LogP) is 2.41. The highest BCUT2D eigenvalue weighted by molar-refractivity contribution is 5.91. The molecule has 1 aromatic carbocycles. The van der Waals surface area contributed by atoms with Crippen LogP contribution in [0.5, 0.6) is 0 Å². The zero-order chi connectivity index (χ0) is 14.1. The lowest BCUT2D eigenvalue weighted by Gasteiger charge is -2.30. The molecular weight excluding hydrogens is 250 g/mol. The van der Waals surface area contributed by atoms with Crippen molar-refractivity contribution in [3.05, 3.63) is 36.0 Å². The molecule has 1 saturated heterocycles. The highest BCUT2D eigenvalue weighted by Crippen LogP contribution is 2.33. The average molecular weight is 267 g/mol. The third kappa shape index (κ3) is 2.05. The number of aryl methyl sites for hydroxylation is 1. The minimum Gasteiger partial charge on any atom is -0.350 e. The number of fused-ring (bicyclic) bond motifs is 1. The zero-order valence-corrected chi connectivity index (χ0v) is 11.5. The first-order valence-corrected chi connectivity index (χ1v) is 6.93. The third-order valence-corrected chi connectivity index (χ3v) is 4.25. The second-order valence-corrected chi connectivity index (χ2v) is 5.39. The number of nitrogens with zero attached hydrogens (tertiary/aromatic N) is 3. The lowest BCUT2D eigenvalue weighted by molar-refractivity contribution is -0.126. The molecule has 1 aliphatic heterocycles. The van der Waals surface area contributed by atoms with E-state index in [1.54, 1.807) is 11.0 Å². The normalized spacial score (nSPS) is 16.3. The van der Waals surface area contributed by atoms with Crippen molar-refractivity contribution in [3.63, 3.8) is 0 Å². The molecule has 3 rings (SSSR count). The molecule has 20 heavy (non-hydrogen) atoms. The Hall–Kier alpha value is -2.28. The number of para-hydroxylation sites is 1. The van der Waals surface area contributed by atoms with Crippen molar-refractivity contribution in [2.45, 2.75) is 18.8 Å². The number of carbonyl (C=O) groups excluding carboxylic acids is 1. The average Bonchev–Trinajstić information content (AvgIpc) is 2.84. The van der Waals surface area contributed by atoms with Crippen LogP contribution in [-0.2, 0) is 11.8 Å². The fourth-order valence-electron chi connectivity index (χ4n) is 3.16. The van der Waals surface area contributed by atoms with Crippen molar-refractivity contribution in [3.8, 4) is 6.07 Å². The first-order chi connectivity index (χ1) is 9.70. The van der Waals surface area contributed by atoms with Gasteiger partial charge in [0.25, 0.3) is 0 Å². The number of carbonyl (C=O) groups is 1. The Labute approximate surface area is 118 Å². The van der Waals surface area contributed by atoms with Gasteiger partial charge in [-0.2, -0.15) is 5.26 Å². The molecule has 1 fully saturated rings. The SMILES string of the molecule is Cn1cc(C2CCN(C(=O)C#N)CC2)c2ccccc21. The fraction of sp³-hybridized carbons (Fsp3) is 0.375. The van der Waals surface area contributed by atoms with Gasteiger partial charge in [-0.05, 0) is 30.4 Å². The molecule has 1 amide bonds. The summed E-state index contributed by atoms with van der Waals surface area (Å²) in [6.45, 7) is 1.36. The van der Waals surface area contributed by atoms with Crippen LogP contribution in [0.4, 0.5) is 0 Å². The Morgan fingerprint density at radius 2 is 2.00 bits per heavy atom. The Bertz CT molecular complexity index is 687. The second-order valence-electron chi connectivity index (χ2n) is 5.39. The standard InChI is InChI=1S/C16H17N3O/c1-18-11-14(13-4-2-3-5-15(13)18)12-6-8-19(9-7-12)16(20)10-17/h2-5,11-12H,6-9H2,1H3. The lowest BCUT2D eigenvalue weighted by atomic mass is 9.89. The maximum absolute atomic E-state index is 11.4. The van der Waals surface area contributed by atoms with E-state index < -0.39 is 5.91 Å². The van der Waals surface area contributed by atoms with Crippen LogP contribution in [0.1, 0.15) is 24.3 Å². The summed E-state index contributed by atoms with van der Waals surface area (Å²) in [7, 11) is 2.07. The van der Waals surface area contributed by atoms with E-state index in [0.717, 1.165) is 12.8 Å². The molecule has 0 unspecified atom stereocenters. The largest absolute Gasteiger partial charge is 0.350 e. The minimum atomic E-state index is -0.402. The van der Waals surface area contributed by atoms with Gasteiger partial charge in [0.15, 0.2) is 6.07 Å². The molecule has 0 saturated carbocycles. The van der Waals surface area contributed by atoms with Crippen LogP contribution < -0.4 is 0 Å². The molecule has 0 aliphatic carbocycles. The van der Waals surface area contributed by atoms with E-state index in [1.807, 2.05) is 0 Å². The summed E-state index contributed by atoms with van der Waals surface area (Å²) in [6, 6.07) is 10.1. The zero-order valence-electron chi connectivity index (χ0n) is 11.5.